The summed E-state index contributed by atoms with van der Waals surface area (Å²) in [5, 5.41) is 0. The normalized spacial score (nSPS) is 16.5. The molecule has 1 saturated heterocycles. The Morgan fingerprint density at radius 2 is 1.91 bits per heavy atom. The Morgan fingerprint density at radius 3 is 2.61 bits per heavy atom. The predicted molar refractivity (Wildman–Crippen MR) is 101 cm³/mol. The number of hydrogen-bond acceptors (Lipinski definition) is 3. The number of thiocarbonyl (C=S) groups is 1. The van der Waals surface area contributed by atoms with Crippen LogP contribution in [-0.4, -0.2) is 10.2 Å². The van der Waals surface area contributed by atoms with Gasteiger partial charge in [-0.25, -0.2) is 4.39 Å². The molecule has 1 heterocycles. The molecule has 0 saturated carbocycles. The van der Waals surface area contributed by atoms with E-state index >= 15 is 0 Å². The summed E-state index contributed by atoms with van der Waals surface area (Å²) in [6.45, 7) is 1.98. The van der Waals surface area contributed by atoms with E-state index in [0.717, 1.165) is 15.7 Å². The molecule has 1 fully saturated rings. The van der Waals surface area contributed by atoms with Crippen molar-refractivity contribution in [3.63, 3.8) is 0 Å². The lowest BCUT2D eigenvalue weighted by atomic mass is 10.2. The molecule has 0 bridgehead atoms. The maximum Gasteiger partial charge on any atom is 0.270 e. The zero-order chi connectivity index (χ0) is 16.6. The van der Waals surface area contributed by atoms with Crippen molar-refractivity contribution in [2.24, 2.45) is 0 Å². The third-order valence-corrected chi connectivity index (χ3v) is 5.13. The maximum absolute atomic E-state index is 13.9. The van der Waals surface area contributed by atoms with E-state index in [-0.39, 0.29) is 11.7 Å². The van der Waals surface area contributed by atoms with Crippen LogP contribution in [0.25, 0.3) is 6.08 Å². The molecule has 1 aliphatic heterocycles. The molecular weight excluding hydrogens is 397 g/mol. The zero-order valence-electron chi connectivity index (χ0n) is 12.0. The van der Waals surface area contributed by atoms with Gasteiger partial charge in [-0.2, -0.15) is 0 Å². The number of carbonyl (C=O) groups is 1. The maximum atomic E-state index is 13.9. The molecule has 0 aliphatic carbocycles. The van der Waals surface area contributed by atoms with Gasteiger partial charge in [0.05, 0.1) is 10.6 Å². The first-order valence-electron chi connectivity index (χ1n) is 6.75. The van der Waals surface area contributed by atoms with Crippen LogP contribution in [0.2, 0.25) is 0 Å². The highest BCUT2D eigenvalue weighted by Gasteiger charge is 2.33. The molecule has 6 heteroatoms. The summed E-state index contributed by atoms with van der Waals surface area (Å²) in [7, 11) is 0. The number of carbonyl (C=O) groups excluding carboxylic acids is 1. The Kier molecular flexibility index (Phi) is 4.66. The summed E-state index contributed by atoms with van der Waals surface area (Å²) in [5.74, 6) is -0.614. The van der Waals surface area contributed by atoms with Crippen molar-refractivity contribution in [2.75, 3.05) is 4.90 Å². The highest BCUT2D eigenvalue weighted by Crippen LogP contribution is 2.36. The van der Waals surface area contributed by atoms with E-state index in [4.69, 9.17) is 12.2 Å². The number of anilines is 1. The molecule has 3 rings (SSSR count). The van der Waals surface area contributed by atoms with E-state index < -0.39 is 0 Å². The summed E-state index contributed by atoms with van der Waals surface area (Å²) in [6, 6.07) is 12.1. The Morgan fingerprint density at radius 1 is 1.22 bits per heavy atom. The summed E-state index contributed by atoms with van der Waals surface area (Å²) >= 11 is 9.79. The van der Waals surface area contributed by atoms with Crippen molar-refractivity contribution in [3.05, 3.63) is 68.8 Å². The fourth-order valence-corrected chi connectivity index (χ4v) is 3.82. The van der Waals surface area contributed by atoms with Gasteiger partial charge in [-0.15, -0.1) is 0 Å². The predicted octanol–water partition coefficient (Wildman–Crippen LogP) is 5.30. The van der Waals surface area contributed by atoms with Crippen molar-refractivity contribution in [1.29, 1.82) is 0 Å². The van der Waals surface area contributed by atoms with Crippen LogP contribution in [-0.2, 0) is 4.79 Å². The quantitative estimate of drug-likeness (QED) is 0.497. The fraction of sp³-hybridized carbons (Fsp3) is 0.0588. The van der Waals surface area contributed by atoms with Crippen LogP contribution in [0.5, 0.6) is 0 Å². The largest absolute Gasteiger partial charge is 0.270 e. The molecule has 2 nitrogen and oxygen atoms in total. The third kappa shape index (κ3) is 3.39. The van der Waals surface area contributed by atoms with Crippen LogP contribution in [0.3, 0.4) is 0 Å². The van der Waals surface area contributed by atoms with Crippen molar-refractivity contribution in [1.82, 2.24) is 0 Å². The Labute approximate surface area is 151 Å². The van der Waals surface area contributed by atoms with Gasteiger partial charge in [0.25, 0.3) is 5.91 Å². The molecule has 0 atom stereocenters. The van der Waals surface area contributed by atoms with Crippen LogP contribution < -0.4 is 4.90 Å². The smallest absolute Gasteiger partial charge is 0.268 e. The van der Waals surface area contributed by atoms with E-state index in [2.05, 4.69) is 15.9 Å². The van der Waals surface area contributed by atoms with E-state index in [1.54, 1.807) is 12.1 Å². The van der Waals surface area contributed by atoms with E-state index in [1.165, 1.54) is 28.8 Å². The molecule has 1 amide bonds. The first kappa shape index (κ1) is 16.4. The first-order chi connectivity index (χ1) is 11.0. The number of nitrogens with zero attached hydrogens (tertiary/aromatic N) is 1. The van der Waals surface area contributed by atoms with Gasteiger partial charge < -0.3 is 0 Å². The van der Waals surface area contributed by atoms with E-state index in [0.29, 0.717) is 14.8 Å². The van der Waals surface area contributed by atoms with Gasteiger partial charge in [-0.1, -0.05) is 57.6 Å². The topological polar surface area (TPSA) is 20.3 Å². The van der Waals surface area contributed by atoms with Crippen LogP contribution in [0.15, 0.2) is 51.8 Å². The average Bonchev–Trinajstić information content (AvgIpc) is 2.79. The minimum atomic E-state index is -0.381. The van der Waals surface area contributed by atoms with E-state index in [1.807, 2.05) is 31.2 Å². The number of thioether (sulfide) groups is 1. The second-order valence-electron chi connectivity index (χ2n) is 5.02. The summed E-state index contributed by atoms with van der Waals surface area (Å²) in [6.07, 6.45) is 1.54. The Bertz CT molecular complexity index is 833. The summed E-state index contributed by atoms with van der Waals surface area (Å²) in [5.41, 5.74) is 2.17. The molecule has 116 valence electrons. The highest BCUT2D eigenvalue weighted by atomic mass is 79.9. The number of aryl methyl sites for hydroxylation is 1. The molecule has 0 radical (unpaired) electrons. The molecule has 0 spiro atoms. The molecular formula is C17H11BrFNOS2. The number of amides is 1. The molecule has 0 aromatic heterocycles. The van der Waals surface area contributed by atoms with Crippen molar-refractivity contribution in [3.8, 4) is 0 Å². The number of benzene rings is 2. The van der Waals surface area contributed by atoms with Crippen LogP contribution in [0, 0.1) is 12.7 Å². The third-order valence-electron chi connectivity index (χ3n) is 3.33. The van der Waals surface area contributed by atoms with Crippen LogP contribution in [0.4, 0.5) is 10.1 Å². The minimum absolute atomic E-state index is 0.233. The van der Waals surface area contributed by atoms with Gasteiger partial charge in [0.2, 0.25) is 0 Å². The van der Waals surface area contributed by atoms with Crippen LogP contribution in [0.1, 0.15) is 11.1 Å². The summed E-state index contributed by atoms with van der Waals surface area (Å²) < 4.78 is 15.1. The van der Waals surface area contributed by atoms with Gasteiger partial charge in [-0.3, -0.25) is 9.69 Å². The standard InChI is InChI=1S/C17H11BrFNOS2/c1-10-2-5-13(6-3-10)20-16(21)15(23-17(20)22)9-11-8-12(18)4-7-14(11)19/h2-9H,1H3/b15-9+. The molecule has 0 N–H and O–H groups in total. The zero-order valence-corrected chi connectivity index (χ0v) is 15.3. The molecule has 1 aliphatic rings. The van der Waals surface area contributed by atoms with E-state index in [9.17, 15) is 9.18 Å². The van der Waals surface area contributed by atoms with Crippen LogP contribution >= 0.6 is 39.9 Å². The number of hydrogen-bond donors (Lipinski definition) is 0. The second-order valence-corrected chi connectivity index (χ2v) is 7.61. The van der Waals surface area contributed by atoms with Gasteiger partial charge in [0.15, 0.2) is 4.32 Å². The minimum Gasteiger partial charge on any atom is -0.268 e. The molecule has 0 unspecified atom stereocenters. The lowest BCUT2D eigenvalue weighted by molar-refractivity contribution is -0.113. The van der Waals surface area contributed by atoms with Crippen molar-refractivity contribution < 1.29 is 9.18 Å². The van der Waals surface area contributed by atoms with Gasteiger partial charge in [0.1, 0.15) is 5.82 Å². The first-order valence-corrected chi connectivity index (χ1v) is 8.77. The van der Waals surface area contributed by atoms with Crippen molar-refractivity contribution >= 4 is 61.9 Å². The average molecular weight is 408 g/mol. The Balaban J connectivity index is 1.96. The summed E-state index contributed by atoms with van der Waals surface area (Å²) in [4.78, 5) is 14.5. The molecule has 2 aromatic carbocycles. The second kappa shape index (κ2) is 6.55. The Hall–Kier alpha value is -1.50. The van der Waals surface area contributed by atoms with Gasteiger partial charge >= 0.3 is 0 Å². The lowest BCUT2D eigenvalue weighted by Gasteiger charge is -2.14. The lowest BCUT2D eigenvalue weighted by Crippen LogP contribution is -2.27. The monoisotopic (exact) mass is 407 g/mol. The van der Waals surface area contributed by atoms with Gasteiger partial charge in [0, 0.05) is 10.0 Å². The molecule has 2 aromatic rings. The SMILES string of the molecule is Cc1ccc(N2C(=O)/C(=C\c3cc(Br)ccc3F)SC2=S)cc1. The highest BCUT2D eigenvalue weighted by molar-refractivity contribution is 9.10. The molecule has 23 heavy (non-hydrogen) atoms. The number of rotatable bonds is 2. The fourth-order valence-electron chi connectivity index (χ4n) is 2.15. The van der Waals surface area contributed by atoms with Crippen molar-refractivity contribution in [2.45, 2.75) is 6.92 Å². The van der Waals surface area contributed by atoms with Gasteiger partial charge in [-0.05, 0) is 43.3 Å². The number of halogens is 2.